The van der Waals surface area contributed by atoms with Crippen LogP contribution in [0, 0.1) is 0 Å². The van der Waals surface area contributed by atoms with Gasteiger partial charge >= 0.3 is 0 Å². The van der Waals surface area contributed by atoms with E-state index in [4.69, 9.17) is 9.47 Å². The molecule has 0 spiro atoms. The van der Waals surface area contributed by atoms with Crippen LogP contribution < -0.4 is 5.32 Å². The van der Waals surface area contributed by atoms with Gasteiger partial charge in [-0.05, 0) is 33.2 Å². The molecule has 1 N–H and O–H groups in total. The molecule has 0 aromatic carbocycles. The third-order valence-corrected chi connectivity index (χ3v) is 4.92. The highest BCUT2D eigenvalue weighted by Gasteiger charge is 2.19. The molecule has 1 unspecified atom stereocenters. The molecule has 0 heterocycles. The van der Waals surface area contributed by atoms with Crippen LogP contribution >= 0.6 is 0 Å². The lowest BCUT2D eigenvalue weighted by Gasteiger charge is -2.13. The van der Waals surface area contributed by atoms with Gasteiger partial charge in [0.15, 0.2) is 9.84 Å². The monoisotopic (exact) mass is 281 g/mol. The molecule has 6 heteroatoms. The van der Waals surface area contributed by atoms with E-state index in [1.54, 1.807) is 14.0 Å². The number of sulfone groups is 1. The highest BCUT2D eigenvalue weighted by Crippen LogP contribution is 2.03. The van der Waals surface area contributed by atoms with Gasteiger partial charge in [-0.2, -0.15) is 0 Å². The van der Waals surface area contributed by atoms with E-state index in [1.807, 2.05) is 6.92 Å². The van der Waals surface area contributed by atoms with E-state index in [-0.39, 0.29) is 11.0 Å². The van der Waals surface area contributed by atoms with E-state index >= 15 is 0 Å². The van der Waals surface area contributed by atoms with Crippen molar-refractivity contribution in [2.75, 3.05) is 45.8 Å². The average molecular weight is 281 g/mol. The van der Waals surface area contributed by atoms with E-state index in [0.717, 1.165) is 26.2 Å². The summed E-state index contributed by atoms with van der Waals surface area (Å²) in [6.07, 6.45) is 1.47. The zero-order chi connectivity index (χ0) is 13.9. The number of hydrogen-bond acceptors (Lipinski definition) is 5. The molecule has 0 fully saturated rings. The lowest BCUT2D eigenvalue weighted by Crippen LogP contribution is -2.33. The molecule has 0 bridgehead atoms. The van der Waals surface area contributed by atoms with Crippen LogP contribution in [0.15, 0.2) is 0 Å². The molecule has 0 aromatic heterocycles. The Bertz CT molecular complexity index is 280. The molecule has 0 radical (unpaired) electrons. The van der Waals surface area contributed by atoms with E-state index in [0.29, 0.717) is 19.6 Å². The van der Waals surface area contributed by atoms with Gasteiger partial charge in [0.1, 0.15) is 0 Å². The van der Waals surface area contributed by atoms with Crippen LogP contribution in [-0.4, -0.2) is 59.4 Å². The van der Waals surface area contributed by atoms with Gasteiger partial charge < -0.3 is 14.8 Å². The first-order valence-electron chi connectivity index (χ1n) is 6.53. The molecular weight excluding hydrogens is 254 g/mol. The molecule has 1 atom stereocenters. The molecule has 0 amide bonds. The number of nitrogens with one attached hydrogen (secondary N) is 1. The molecule has 0 aliphatic carbocycles. The number of methoxy groups -OCH3 is 1. The highest BCUT2D eigenvalue weighted by molar-refractivity contribution is 7.92. The second kappa shape index (κ2) is 10.7. The molecule has 18 heavy (non-hydrogen) atoms. The Morgan fingerprint density at radius 1 is 1.22 bits per heavy atom. The van der Waals surface area contributed by atoms with Crippen molar-refractivity contribution in [3.63, 3.8) is 0 Å². The van der Waals surface area contributed by atoms with Gasteiger partial charge in [-0.3, -0.25) is 0 Å². The maximum Gasteiger partial charge on any atom is 0.154 e. The normalized spacial score (nSPS) is 13.7. The average Bonchev–Trinajstić information content (AvgIpc) is 2.33. The number of rotatable bonds is 12. The third-order valence-electron chi connectivity index (χ3n) is 2.67. The van der Waals surface area contributed by atoms with Gasteiger partial charge in [-0.15, -0.1) is 0 Å². The van der Waals surface area contributed by atoms with E-state index in [1.165, 1.54) is 0 Å². The smallest absolute Gasteiger partial charge is 0.154 e. The van der Waals surface area contributed by atoms with Crippen molar-refractivity contribution in [2.24, 2.45) is 0 Å². The van der Waals surface area contributed by atoms with Crippen LogP contribution in [0.2, 0.25) is 0 Å². The summed E-state index contributed by atoms with van der Waals surface area (Å²) in [5, 5.41) is 2.80. The molecule has 0 rings (SSSR count). The maximum atomic E-state index is 11.9. The minimum Gasteiger partial charge on any atom is -0.385 e. The Hall–Kier alpha value is -0.170. The fourth-order valence-corrected chi connectivity index (χ4v) is 2.78. The first-order valence-corrected chi connectivity index (χ1v) is 8.25. The highest BCUT2D eigenvalue weighted by atomic mass is 32.2. The third kappa shape index (κ3) is 8.85. The molecule has 0 saturated carbocycles. The summed E-state index contributed by atoms with van der Waals surface area (Å²) in [6.45, 7) is 6.94. The second-order valence-electron chi connectivity index (χ2n) is 4.28. The second-order valence-corrected chi connectivity index (χ2v) is 6.82. The fraction of sp³-hybridized carbons (Fsp3) is 1.00. The first kappa shape index (κ1) is 17.8. The summed E-state index contributed by atoms with van der Waals surface area (Å²) in [5.74, 6) is 0.197. The van der Waals surface area contributed by atoms with Crippen molar-refractivity contribution in [2.45, 2.75) is 31.9 Å². The summed E-state index contributed by atoms with van der Waals surface area (Å²) in [6, 6.07) is 0. The van der Waals surface area contributed by atoms with Crippen LogP contribution in [0.1, 0.15) is 26.7 Å². The minimum absolute atomic E-state index is 0.197. The predicted molar refractivity (Wildman–Crippen MR) is 73.7 cm³/mol. The van der Waals surface area contributed by atoms with Crippen LogP contribution in [0.3, 0.4) is 0 Å². The zero-order valence-corrected chi connectivity index (χ0v) is 12.6. The topological polar surface area (TPSA) is 64.6 Å². The van der Waals surface area contributed by atoms with Gasteiger partial charge in [0.25, 0.3) is 0 Å². The Morgan fingerprint density at radius 3 is 2.56 bits per heavy atom. The summed E-state index contributed by atoms with van der Waals surface area (Å²) in [5.41, 5.74) is 0. The van der Waals surface area contributed by atoms with E-state index in [2.05, 4.69) is 5.32 Å². The van der Waals surface area contributed by atoms with Gasteiger partial charge in [0, 0.05) is 33.5 Å². The molecule has 0 saturated heterocycles. The molecular formula is C12H27NO4S. The van der Waals surface area contributed by atoms with E-state index in [9.17, 15) is 8.42 Å². The maximum absolute atomic E-state index is 11.9. The van der Waals surface area contributed by atoms with Gasteiger partial charge in [0.05, 0.1) is 11.0 Å². The van der Waals surface area contributed by atoms with Crippen molar-refractivity contribution in [3.05, 3.63) is 0 Å². The summed E-state index contributed by atoms with van der Waals surface area (Å²) < 4.78 is 33.8. The Kier molecular flexibility index (Phi) is 10.6. The SMILES string of the molecule is CCOCCCNCC(C)S(=O)(=O)CCCOC. The van der Waals surface area contributed by atoms with Gasteiger partial charge in [-0.1, -0.05) is 0 Å². The van der Waals surface area contributed by atoms with Crippen molar-refractivity contribution >= 4 is 9.84 Å². The standard InChI is InChI=1S/C12H27NO4S/c1-4-17-9-5-7-13-11-12(2)18(14,15)10-6-8-16-3/h12-13H,4-11H2,1-3H3. The molecule has 0 aliphatic rings. The fourth-order valence-electron chi connectivity index (χ4n) is 1.48. The Labute approximate surface area is 111 Å². The first-order chi connectivity index (χ1) is 8.54. The van der Waals surface area contributed by atoms with Crippen LogP contribution in [-0.2, 0) is 19.3 Å². The lowest BCUT2D eigenvalue weighted by atomic mass is 10.4. The zero-order valence-electron chi connectivity index (χ0n) is 11.8. The summed E-state index contributed by atoms with van der Waals surface area (Å²) in [7, 11) is -1.42. The molecule has 0 aromatic rings. The summed E-state index contributed by atoms with van der Waals surface area (Å²) >= 11 is 0. The van der Waals surface area contributed by atoms with Crippen molar-refractivity contribution in [1.29, 1.82) is 0 Å². The minimum atomic E-state index is -3.00. The lowest BCUT2D eigenvalue weighted by molar-refractivity contribution is 0.145. The van der Waals surface area contributed by atoms with Gasteiger partial charge in [-0.25, -0.2) is 8.42 Å². The van der Waals surface area contributed by atoms with Crippen molar-refractivity contribution < 1.29 is 17.9 Å². The van der Waals surface area contributed by atoms with Crippen molar-refractivity contribution in [3.8, 4) is 0 Å². The Balaban J connectivity index is 3.69. The van der Waals surface area contributed by atoms with E-state index < -0.39 is 9.84 Å². The summed E-state index contributed by atoms with van der Waals surface area (Å²) in [4.78, 5) is 0. The molecule has 0 aliphatic heterocycles. The largest absolute Gasteiger partial charge is 0.385 e. The van der Waals surface area contributed by atoms with Crippen LogP contribution in [0.25, 0.3) is 0 Å². The van der Waals surface area contributed by atoms with Crippen molar-refractivity contribution in [1.82, 2.24) is 5.32 Å². The van der Waals surface area contributed by atoms with Gasteiger partial charge in [0.2, 0.25) is 0 Å². The molecule has 110 valence electrons. The Morgan fingerprint density at radius 2 is 1.94 bits per heavy atom. The number of ether oxygens (including phenoxy) is 2. The number of hydrogen-bond donors (Lipinski definition) is 1. The predicted octanol–water partition coefficient (Wildman–Crippen LogP) is 0.842. The molecule has 5 nitrogen and oxygen atoms in total. The van der Waals surface area contributed by atoms with Crippen LogP contribution in [0.4, 0.5) is 0 Å². The quantitative estimate of drug-likeness (QED) is 0.537. The van der Waals surface area contributed by atoms with Crippen LogP contribution in [0.5, 0.6) is 0 Å².